The predicted octanol–water partition coefficient (Wildman–Crippen LogP) is 6.62. The lowest BCUT2D eigenvalue weighted by Crippen LogP contribution is -2.43. The zero-order valence-corrected chi connectivity index (χ0v) is 17.2. The van der Waals surface area contributed by atoms with Gasteiger partial charge in [0.2, 0.25) is 0 Å². The standard InChI is InChI=1S/C18H25BrF2OSi/c1-12(2)23(13(3)4,14(5)6)10-9-15-7-8-17(16(19)11-15)22-18(20)21/h7-8,11-14,18H,1-6H3. The Morgan fingerprint density at radius 2 is 1.52 bits per heavy atom. The molecule has 0 bridgehead atoms. The van der Waals surface area contributed by atoms with E-state index in [4.69, 9.17) is 0 Å². The number of benzene rings is 1. The lowest BCUT2D eigenvalue weighted by molar-refractivity contribution is -0.0503. The number of ether oxygens (including phenoxy) is 1. The van der Waals surface area contributed by atoms with Crippen LogP contribution < -0.4 is 4.74 Å². The van der Waals surface area contributed by atoms with Gasteiger partial charge < -0.3 is 4.74 Å². The van der Waals surface area contributed by atoms with E-state index in [9.17, 15) is 8.78 Å². The number of rotatable bonds is 5. The van der Waals surface area contributed by atoms with Crippen LogP contribution in [0.5, 0.6) is 5.75 Å². The van der Waals surface area contributed by atoms with Gasteiger partial charge in [-0.2, -0.15) is 8.78 Å². The molecule has 5 heteroatoms. The maximum absolute atomic E-state index is 12.3. The molecule has 0 saturated carbocycles. The smallest absolute Gasteiger partial charge is 0.387 e. The van der Waals surface area contributed by atoms with Crippen LogP contribution in [-0.2, 0) is 0 Å². The number of hydrogen-bond acceptors (Lipinski definition) is 1. The first kappa shape index (κ1) is 20.2. The first-order chi connectivity index (χ1) is 10.6. The second kappa shape index (κ2) is 8.30. The molecular weight excluding hydrogens is 378 g/mol. The Morgan fingerprint density at radius 3 is 1.91 bits per heavy atom. The van der Waals surface area contributed by atoms with E-state index in [0.717, 1.165) is 5.56 Å². The van der Waals surface area contributed by atoms with Gasteiger partial charge in [-0.3, -0.25) is 0 Å². The number of alkyl halides is 2. The molecule has 0 saturated heterocycles. The van der Waals surface area contributed by atoms with Crippen molar-refractivity contribution in [3.05, 3.63) is 28.2 Å². The van der Waals surface area contributed by atoms with Gasteiger partial charge in [0.05, 0.1) is 4.47 Å². The van der Waals surface area contributed by atoms with E-state index in [1.54, 1.807) is 12.1 Å². The van der Waals surface area contributed by atoms with Gasteiger partial charge in [0, 0.05) is 5.56 Å². The summed E-state index contributed by atoms with van der Waals surface area (Å²) in [7, 11) is -1.80. The Labute approximate surface area is 148 Å². The van der Waals surface area contributed by atoms with Crippen LogP contribution in [0.15, 0.2) is 22.7 Å². The molecule has 0 aliphatic heterocycles. The third-order valence-corrected chi connectivity index (χ3v) is 11.3. The van der Waals surface area contributed by atoms with Crippen molar-refractivity contribution in [1.82, 2.24) is 0 Å². The topological polar surface area (TPSA) is 9.23 Å². The molecule has 0 aliphatic carbocycles. The monoisotopic (exact) mass is 402 g/mol. The van der Waals surface area contributed by atoms with Crippen LogP contribution in [0.25, 0.3) is 0 Å². The van der Waals surface area contributed by atoms with Gasteiger partial charge >= 0.3 is 6.61 Å². The highest BCUT2D eigenvalue weighted by molar-refractivity contribution is 9.10. The van der Waals surface area contributed by atoms with Crippen LogP contribution in [0.2, 0.25) is 16.6 Å². The average Bonchev–Trinajstić information content (AvgIpc) is 2.40. The summed E-state index contributed by atoms with van der Waals surface area (Å²) in [6.07, 6.45) is 0. The van der Waals surface area contributed by atoms with Gasteiger partial charge in [-0.1, -0.05) is 47.5 Å². The van der Waals surface area contributed by atoms with E-state index in [0.29, 0.717) is 21.1 Å². The molecule has 0 amide bonds. The third-order valence-electron chi connectivity index (χ3n) is 4.44. The second-order valence-electron chi connectivity index (χ2n) is 6.67. The molecule has 0 unspecified atom stereocenters. The van der Waals surface area contributed by atoms with Crippen LogP contribution in [0.3, 0.4) is 0 Å². The molecule has 0 radical (unpaired) electrons. The highest BCUT2D eigenvalue weighted by Gasteiger charge is 2.41. The van der Waals surface area contributed by atoms with Crippen molar-refractivity contribution in [3.63, 3.8) is 0 Å². The summed E-state index contributed by atoms with van der Waals surface area (Å²) >= 11 is 3.27. The molecule has 0 fully saturated rings. The van der Waals surface area contributed by atoms with Crippen LogP contribution >= 0.6 is 15.9 Å². The molecule has 1 nitrogen and oxygen atoms in total. The summed E-state index contributed by atoms with van der Waals surface area (Å²) < 4.78 is 29.5. The third kappa shape index (κ3) is 4.81. The molecule has 0 spiro atoms. The minimum atomic E-state index is -2.83. The maximum atomic E-state index is 12.3. The van der Waals surface area contributed by atoms with Crippen molar-refractivity contribution in [3.8, 4) is 17.2 Å². The summed E-state index contributed by atoms with van der Waals surface area (Å²) in [5, 5.41) is 0. The van der Waals surface area contributed by atoms with E-state index in [2.05, 4.69) is 73.7 Å². The normalized spacial score (nSPS) is 12.0. The van der Waals surface area contributed by atoms with Gasteiger partial charge in [0.25, 0.3) is 0 Å². The summed E-state index contributed by atoms with van der Waals surface area (Å²) in [4.78, 5) is 0. The second-order valence-corrected chi connectivity index (χ2v) is 13.1. The van der Waals surface area contributed by atoms with Crippen LogP contribution in [-0.4, -0.2) is 14.7 Å². The largest absolute Gasteiger partial charge is 0.434 e. The van der Waals surface area contributed by atoms with Crippen molar-refractivity contribution in [2.45, 2.75) is 64.8 Å². The molecule has 0 atom stereocenters. The predicted molar refractivity (Wildman–Crippen MR) is 98.7 cm³/mol. The SMILES string of the molecule is CC(C)[Si](C#Cc1ccc(OC(F)F)c(Br)c1)(C(C)C)C(C)C. The van der Waals surface area contributed by atoms with E-state index in [1.807, 2.05) is 0 Å². The van der Waals surface area contributed by atoms with Gasteiger partial charge in [0.1, 0.15) is 13.8 Å². The summed E-state index contributed by atoms with van der Waals surface area (Å²) in [6, 6.07) is 5.00. The molecule has 128 valence electrons. The molecule has 0 aromatic heterocycles. The van der Waals surface area contributed by atoms with Gasteiger partial charge in [-0.15, -0.1) is 5.54 Å². The van der Waals surface area contributed by atoms with Gasteiger partial charge in [-0.25, -0.2) is 0 Å². The van der Waals surface area contributed by atoms with E-state index in [1.165, 1.54) is 6.07 Å². The van der Waals surface area contributed by atoms with Crippen molar-refractivity contribution >= 4 is 24.0 Å². The van der Waals surface area contributed by atoms with Crippen LogP contribution in [0, 0.1) is 11.5 Å². The molecule has 0 aliphatic rings. The first-order valence-corrected chi connectivity index (χ1v) is 10.9. The van der Waals surface area contributed by atoms with Crippen molar-refractivity contribution < 1.29 is 13.5 Å². The van der Waals surface area contributed by atoms with Gasteiger partial charge in [0.15, 0.2) is 0 Å². The number of halogens is 3. The first-order valence-electron chi connectivity index (χ1n) is 7.88. The van der Waals surface area contributed by atoms with Crippen LogP contribution in [0.4, 0.5) is 8.78 Å². The Hall–Kier alpha value is -0.863. The van der Waals surface area contributed by atoms with Crippen molar-refractivity contribution in [1.29, 1.82) is 0 Å². The highest BCUT2D eigenvalue weighted by atomic mass is 79.9. The fourth-order valence-electron chi connectivity index (χ4n) is 3.38. The molecule has 1 aromatic carbocycles. The Morgan fingerprint density at radius 1 is 1.00 bits per heavy atom. The zero-order chi connectivity index (χ0) is 17.8. The average molecular weight is 403 g/mol. The minimum Gasteiger partial charge on any atom is -0.434 e. The van der Waals surface area contributed by atoms with Gasteiger partial charge in [-0.05, 0) is 50.8 Å². The molecule has 1 rings (SSSR count). The summed E-state index contributed by atoms with van der Waals surface area (Å²) in [5.74, 6) is 3.42. The highest BCUT2D eigenvalue weighted by Crippen LogP contribution is 2.40. The zero-order valence-electron chi connectivity index (χ0n) is 14.6. The van der Waals surface area contributed by atoms with Crippen LogP contribution in [0.1, 0.15) is 47.1 Å². The molecule has 0 N–H and O–H groups in total. The van der Waals surface area contributed by atoms with Crippen molar-refractivity contribution in [2.75, 3.05) is 0 Å². The Bertz CT molecular complexity index is 567. The molecule has 23 heavy (non-hydrogen) atoms. The Kier molecular flexibility index (Phi) is 7.28. The minimum absolute atomic E-state index is 0.130. The summed E-state index contributed by atoms with van der Waals surface area (Å²) in [5.41, 5.74) is 6.10. The fourth-order valence-corrected chi connectivity index (χ4v) is 9.08. The summed E-state index contributed by atoms with van der Waals surface area (Å²) in [6.45, 7) is 10.7. The molecule has 1 aromatic rings. The van der Waals surface area contributed by atoms with E-state index >= 15 is 0 Å². The Balaban J connectivity index is 3.20. The van der Waals surface area contributed by atoms with E-state index < -0.39 is 14.7 Å². The number of hydrogen-bond donors (Lipinski definition) is 0. The quantitative estimate of drug-likeness (QED) is 0.397. The van der Waals surface area contributed by atoms with Crippen molar-refractivity contribution in [2.24, 2.45) is 0 Å². The maximum Gasteiger partial charge on any atom is 0.387 e. The molecule has 0 heterocycles. The fraction of sp³-hybridized carbons (Fsp3) is 0.556. The lowest BCUT2D eigenvalue weighted by Gasteiger charge is -2.38. The lowest BCUT2D eigenvalue weighted by atomic mass is 10.2. The van der Waals surface area contributed by atoms with E-state index in [-0.39, 0.29) is 5.75 Å². The molecular formula is C18H25BrF2OSi.